The van der Waals surface area contributed by atoms with Gasteiger partial charge in [-0.1, -0.05) is 66.7 Å². The minimum absolute atomic E-state index is 0.112. The van der Waals surface area contributed by atoms with E-state index >= 15 is 0 Å². The van der Waals surface area contributed by atoms with Crippen LogP contribution >= 0.6 is 7.26 Å². The van der Waals surface area contributed by atoms with E-state index in [9.17, 15) is 4.79 Å². The Balaban J connectivity index is 1.45. The van der Waals surface area contributed by atoms with E-state index in [1.165, 1.54) is 15.9 Å². The fourth-order valence-electron chi connectivity index (χ4n) is 5.48. The maximum Gasteiger partial charge on any atom is 0.265 e. The highest BCUT2D eigenvalue weighted by atomic mass is 31.2. The first-order valence-electron chi connectivity index (χ1n) is 12.0. The van der Waals surface area contributed by atoms with Gasteiger partial charge in [-0.15, -0.1) is 0 Å². The Morgan fingerprint density at radius 2 is 1.26 bits per heavy atom. The summed E-state index contributed by atoms with van der Waals surface area (Å²) in [7, 11) is -2.25. The summed E-state index contributed by atoms with van der Waals surface area (Å²) in [6.45, 7) is 1.23. The van der Waals surface area contributed by atoms with Crippen LogP contribution in [0, 0.1) is 0 Å². The van der Waals surface area contributed by atoms with E-state index in [1.807, 2.05) is 29.2 Å². The number of likely N-dealkylation sites (tertiary alicyclic amines) is 1. The summed E-state index contributed by atoms with van der Waals surface area (Å²) in [6.07, 6.45) is 0.825. The lowest BCUT2D eigenvalue weighted by molar-refractivity contribution is -0.127. The molecule has 1 aliphatic heterocycles. The van der Waals surface area contributed by atoms with Crippen LogP contribution < -0.4 is 15.9 Å². The molecule has 0 spiro atoms. The van der Waals surface area contributed by atoms with Crippen molar-refractivity contribution >= 4 is 40.1 Å². The maximum absolute atomic E-state index is 14.2. The predicted molar refractivity (Wildman–Crippen MR) is 145 cm³/mol. The van der Waals surface area contributed by atoms with E-state index in [2.05, 4.69) is 96.0 Å². The third kappa shape index (κ3) is 3.75. The molecular formula is C30H27N3OP+. The van der Waals surface area contributed by atoms with Gasteiger partial charge in [0.25, 0.3) is 5.91 Å². The molecule has 172 valence electrons. The molecule has 1 amide bonds. The number of carbonyl (C=O) groups is 1. The van der Waals surface area contributed by atoms with Crippen LogP contribution in [-0.2, 0) is 11.3 Å². The number of aromatic amines is 1. The van der Waals surface area contributed by atoms with Crippen molar-refractivity contribution in [2.45, 2.75) is 18.6 Å². The van der Waals surface area contributed by atoms with E-state index in [4.69, 9.17) is 4.98 Å². The Hall–Kier alpha value is -3.75. The molecule has 1 saturated heterocycles. The van der Waals surface area contributed by atoms with E-state index < -0.39 is 7.26 Å². The van der Waals surface area contributed by atoms with E-state index in [-0.39, 0.29) is 11.6 Å². The molecular weight excluding hydrogens is 449 g/mol. The van der Waals surface area contributed by atoms with Crippen LogP contribution in [0.1, 0.15) is 12.2 Å². The fourth-order valence-corrected chi connectivity index (χ4v) is 10.4. The van der Waals surface area contributed by atoms with Crippen molar-refractivity contribution < 1.29 is 4.79 Å². The second-order valence-corrected chi connectivity index (χ2v) is 12.6. The third-order valence-electron chi connectivity index (χ3n) is 7.01. The Morgan fingerprint density at radius 1 is 0.743 bits per heavy atom. The van der Waals surface area contributed by atoms with Gasteiger partial charge in [0.15, 0.2) is 5.66 Å². The van der Waals surface area contributed by atoms with Crippen LogP contribution in [0.3, 0.4) is 0 Å². The van der Waals surface area contributed by atoms with Gasteiger partial charge in [-0.25, -0.2) is 4.98 Å². The summed E-state index contributed by atoms with van der Waals surface area (Å²) in [5, 5.41) is 3.75. The Morgan fingerprint density at radius 3 is 1.80 bits per heavy atom. The number of nitrogens with one attached hydrogen (secondary N) is 1. The number of rotatable bonds is 6. The van der Waals surface area contributed by atoms with Gasteiger partial charge in [0.2, 0.25) is 0 Å². The number of benzene rings is 4. The highest BCUT2D eigenvalue weighted by molar-refractivity contribution is 7.96. The summed E-state index contributed by atoms with van der Waals surface area (Å²) in [5.74, 6) is 1.05. The summed E-state index contributed by atoms with van der Waals surface area (Å²) < 4.78 is 0. The zero-order chi connectivity index (χ0) is 23.7. The minimum Gasteiger partial charge on any atom is -0.340 e. The van der Waals surface area contributed by atoms with Crippen molar-refractivity contribution in [1.82, 2.24) is 14.9 Å². The van der Waals surface area contributed by atoms with Crippen LogP contribution in [0.4, 0.5) is 0 Å². The number of carbonyl (C=O) groups excluding carboxylic acids is 1. The molecule has 0 saturated carbocycles. The van der Waals surface area contributed by atoms with Crippen LogP contribution in [0.2, 0.25) is 0 Å². The average Bonchev–Trinajstić information content (AvgIpc) is 3.50. The second-order valence-electron chi connectivity index (χ2n) is 8.99. The number of H-pyrrole nitrogens is 1. The largest absolute Gasteiger partial charge is 0.340 e. The van der Waals surface area contributed by atoms with Crippen LogP contribution in [-0.4, -0.2) is 33.0 Å². The number of fused-ring (bicyclic) bond motifs is 1. The number of hydrogen-bond donors (Lipinski definition) is 1. The van der Waals surface area contributed by atoms with E-state index in [0.29, 0.717) is 6.54 Å². The SMILES string of the molecule is O=C1C([P+](c2ccccc2)(c2ccccc2)c2ccccc2)CCN1Cc1nc2ccccc2[nH]1. The molecule has 35 heavy (non-hydrogen) atoms. The smallest absolute Gasteiger partial charge is 0.265 e. The first-order chi connectivity index (χ1) is 17.3. The molecule has 5 aromatic rings. The summed E-state index contributed by atoms with van der Waals surface area (Å²) in [6, 6.07) is 40.0. The lowest BCUT2D eigenvalue weighted by Gasteiger charge is -2.31. The van der Waals surface area contributed by atoms with Gasteiger partial charge >= 0.3 is 0 Å². The molecule has 1 N–H and O–H groups in total. The van der Waals surface area contributed by atoms with Gasteiger partial charge in [0.05, 0.1) is 17.6 Å². The minimum atomic E-state index is -2.25. The van der Waals surface area contributed by atoms with E-state index in [0.717, 1.165) is 29.8 Å². The zero-order valence-corrected chi connectivity index (χ0v) is 20.3. The summed E-state index contributed by atoms with van der Waals surface area (Å²) >= 11 is 0. The Labute approximate surface area is 206 Å². The Bertz CT molecular complexity index is 1320. The van der Waals surface area contributed by atoms with Crippen LogP contribution in [0.15, 0.2) is 115 Å². The molecule has 0 bridgehead atoms. The Kier molecular flexibility index (Phi) is 5.67. The number of aromatic nitrogens is 2. The lowest BCUT2D eigenvalue weighted by Crippen LogP contribution is -2.42. The number of hydrogen-bond acceptors (Lipinski definition) is 2. The van der Waals surface area contributed by atoms with Gasteiger partial charge in [-0.3, -0.25) is 4.79 Å². The average molecular weight is 477 g/mol. The predicted octanol–water partition coefficient (Wildman–Crippen LogP) is 4.66. The highest BCUT2D eigenvalue weighted by Gasteiger charge is 2.58. The molecule has 0 radical (unpaired) electrons. The van der Waals surface area contributed by atoms with Crippen LogP contribution in [0.5, 0.6) is 0 Å². The van der Waals surface area contributed by atoms with E-state index in [1.54, 1.807) is 0 Å². The highest BCUT2D eigenvalue weighted by Crippen LogP contribution is 2.62. The molecule has 1 aromatic heterocycles. The van der Waals surface area contributed by atoms with Crippen molar-refractivity contribution in [3.05, 3.63) is 121 Å². The standard InChI is InChI=1S/C30H27N3OP/c34-30-28(20-21-33(30)22-29-31-26-18-10-11-19-27(26)32-29)35(23-12-4-1-5-13-23,24-14-6-2-7-15-24)25-16-8-3-9-17-25/h1-19,28H,20-22H2,(H,31,32)/q+1. The van der Waals surface area contributed by atoms with Gasteiger partial charge in [-0.05, 0) is 48.5 Å². The first-order valence-corrected chi connectivity index (χ1v) is 13.9. The molecule has 6 rings (SSSR count). The first kappa shape index (κ1) is 21.8. The van der Waals surface area contributed by atoms with Crippen molar-refractivity contribution in [2.24, 2.45) is 0 Å². The molecule has 1 atom stereocenters. The van der Waals surface area contributed by atoms with Crippen LogP contribution in [0.25, 0.3) is 11.0 Å². The van der Waals surface area contributed by atoms with Gasteiger partial charge in [0.1, 0.15) is 29.0 Å². The van der Waals surface area contributed by atoms with Gasteiger partial charge in [0, 0.05) is 13.0 Å². The van der Waals surface area contributed by atoms with Gasteiger partial charge < -0.3 is 9.88 Å². The van der Waals surface area contributed by atoms with Gasteiger partial charge in [-0.2, -0.15) is 0 Å². The molecule has 5 heteroatoms. The number of imidazole rings is 1. The monoisotopic (exact) mass is 476 g/mol. The molecule has 1 unspecified atom stereocenters. The third-order valence-corrected chi connectivity index (χ3v) is 11.8. The molecule has 0 aliphatic carbocycles. The molecule has 4 aromatic carbocycles. The zero-order valence-electron chi connectivity index (χ0n) is 19.4. The molecule has 1 aliphatic rings. The second kappa shape index (κ2) is 9.13. The lowest BCUT2D eigenvalue weighted by atomic mass is 10.3. The quantitative estimate of drug-likeness (QED) is 0.363. The number of nitrogens with zero attached hydrogens (tertiary/aromatic N) is 2. The number of amides is 1. The van der Waals surface area contributed by atoms with Crippen molar-refractivity contribution in [2.75, 3.05) is 6.54 Å². The maximum atomic E-state index is 14.2. The van der Waals surface area contributed by atoms with Crippen molar-refractivity contribution in [3.63, 3.8) is 0 Å². The fraction of sp³-hybridized carbons (Fsp3) is 0.133. The summed E-state index contributed by atoms with van der Waals surface area (Å²) in [5.41, 5.74) is 1.83. The summed E-state index contributed by atoms with van der Waals surface area (Å²) in [4.78, 5) is 24.3. The van der Waals surface area contributed by atoms with Crippen molar-refractivity contribution in [3.8, 4) is 0 Å². The molecule has 1 fully saturated rings. The normalized spacial score (nSPS) is 16.2. The van der Waals surface area contributed by atoms with Crippen molar-refractivity contribution in [1.29, 1.82) is 0 Å². The topological polar surface area (TPSA) is 49.0 Å². The number of para-hydroxylation sites is 2. The molecule has 2 heterocycles. The molecule has 4 nitrogen and oxygen atoms in total.